The third-order valence-electron chi connectivity index (χ3n) is 1.66. The maximum atomic E-state index is 2.27. The summed E-state index contributed by atoms with van der Waals surface area (Å²) in [6.07, 6.45) is 0. The van der Waals surface area contributed by atoms with Gasteiger partial charge in [0.2, 0.25) is 0 Å². The molecule has 11 heavy (non-hydrogen) atoms. The zero-order chi connectivity index (χ0) is 7.40. The molecule has 0 fully saturated rings. The lowest BCUT2D eigenvalue weighted by Crippen LogP contribution is -2.11. The van der Waals surface area contributed by atoms with Crippen LogP contribution in [0.5, 0.6) is 0 Å². The predicted octanol–water partition coefficient (Wildman–Crippen LogP) is 2.34. The van der Waals surface area contributed by atoms with Crippen LogP contribution in [-0.2, 0) is 0 Å². The fraction of sp³-hybridized carbons (Fsp3) is 0.333. The molecule has 0 aliphatic heterocycles. The Labute approximate surface area is 88.9 Å². The van der Waals surface area contributed by atoms with Crippen LogP contribution in [0.25, 0.3) is 0 Å². The molecule has 0 unspecified atom stereocenters. The van der Waals surface area contributed by atoms with E-state index in [1.807, 2.05) is 0 Å². The van der Waals surface area contributed by atoms with Gasteiger partial charge in [0, 0.05) is 0 Å². The second-order valence-electron chi connectivity index (χ2n) is 2.74. The summed E-state index contributed by atoms with van der Waals surface area (Å²) in [7, 11) is 0. The predicted molar refractivity (Wildman–Crippen MR) is 57.4 cm³/mol. The van der Waals surface area contributed by atoms with Gasteiger partial charge in [-0.05, 0) is 6.92 Å². The van der Waals surface area contributed by atoms with Crippen LogP contribution in [0.15, 0.2) is 24.3 Å². The Morgan fingerprint density at radius 1 is 1.18 bits per heavy atom. The number of halogens is 1. The van der Waals surface area contributed by atoms with Crippen molar-refractivity contribution in [3.63, 3.8) is 0 Å². The molecule has 0 atom stereocenters. The van der Waals surface area contributed by atoms with Gasteiger partial charge < -0.3 is 0 Å². The lowest BCUT2D eigenvalue weighted by molar-refractivity contribution is 1.45. The van der Waals surface area contributed by atoms with E-state index < -0.39 is 0 Å². The molecular weight excluding hydrogens is 212 g/mol. The minimum absolute atomic E-state index is 0. The summed E-state index contributed by atoms with van der Waals surface area (Å²) >= 11 is 0.0830. The highest BCUT2D eigenvalue weighted by atomic mass is 79.9. The molecule has 0 N–H and O–H groups in total. The normalized spacial score (nSPS) is 8.18. The first-order valence-electron chi connectivity index (χ1n) is 3.88. The molecule has 0 saturated carbocycles. The summed E-state index contributed by atoms with van der Waals surface area (Å²) in [5.41, 5.74) is 1.37. The summed E-state index contributed by atoms with van der Waals surface area (Å²) < 4.78 is 2.97. The average molecular weight is 225 g/mol. The highest BCUT2D eigenvalue weighted by Gasteiger charge is 1.93. The quantitative estimate of drug-likeness (QED) is 0.678. The van der Waals surface area contributed by atoms with Crippen molar-refractivity contribution in [2.24, 2.45) is 0 Å². The van der Waals surface area contributed by atoms with Gasteiger partial charge in [0.15, 0.2) is 0 Å². The molecule has 2 heteroatoms. The largest absolute Gasteiger partial charge is 0.408 e. The molecular formula is C9H13BrMg. The van der Waals surface area contributed by atoms with Crippen molar-refractivity contribution in [1.29, 1.82) is 0 Å². The van der Waals surface area contributed by atoms with E-state index in [1.54, 1.807) is 3.69 Å². The third-order valence-corrected chi connectivity index (χ3v) is 3.21. The fourth-order valence-electron chi connectivity index (χ4n) is 1.04. The minimum Gasteiger partial charge on any atom is -0.174 e. The molecule has 0 radical (unpaired) electrons. The molecule has 1 aromatic rings. The van der Waals surface area contributed by atoms with Gasteiger partial charge in [-0.2, -0.15) is 3.69 Å². The van der Waals surface area contributed by atoms with Gasteiger partial charge >= 0.3 is 20.4 Å². The van der Waals surface area contributed by atoms with Gasteiger partial charge in [-0.3, -0.25) is 0 Å². The average Bonchev–Trinajstić information content (AvgIpc) is 1.95. The van der Waals surface area contributed by atoms with E-state index in [0.717, 1.165) is 0 Å². The highest BCUT2D eigenvalue weighted by Crippen LogP contribution is 1.92. The van der Waals surface area contributed by atoms with Crippen LogP contribution in [0.2, 0.25) is 4.55 Å². The van der Waals surface area contributed by atoms with Crippen LogP contribution in [0.1, 0.15) is 12.5 Å². The molecule has 0 bridgehead atoms. The maximum Gasteiger partial charge on any atom is 0.408 e. The molecule has 0 nitrogen and oxygen atoms in total. The van der Waals surface area contributed by atoms with Crippen molar-refractivity contribution in [2.45, 2.75) is 18.4 Å². The standard InChI is InChI=1S/C7H7.C2H5.BrH.Mg/c1-7-5-3-2-4-6-7;1-2;;/h3-6H,1H3;1H2,2H3;1H;. The third kappa shape index (κ3) is 4.14. The van der Waals surface area contributed by atoms with E-state index in [0.29, 0.717) is 0 Å². The van der Waals surface area contributed by atoms with Crippen molar-refractivity contribution >= 4 is 41.0 Å². The second kappa shape index (κ2) is 6.03. The topological polar surface area (TPSA) is 0 Å². The summed E-state index contributed by atoms with van der Waals surface area (Å²) in [6.45, 7) is 4.41. The molecule has 58 valence electrons. The van der Waals surface area contributed by atoms with Gasteiger partial charge in [0.25, 0.3) is 0 Å². The van der Waals surface area contributed by atoms with E-state index in [-0.39, 0.29) is 37.3 Å². The molecule has 1 rings (SSSR count). The fourth-order valence-corrected chi connectivity index (χ4v) is 2.19. The lowest BCUT2D eigenvalue weighted by Gasteiger charge is -1.96. The second-order valence-corrected chi connectivity index (χ2v) is 5.05. The van der Waals surface area contributed by atoms with Crippen molar-refractivity contribution in [3.05, 3.63) is 29.8 Å². The summed E-state index contributed by atoms with van der Waals surface area (Å²) in [5, 5.41) is 0. The van der Waals surface area contributed by atoms with Gasteiger partial charge in [0.05, 0.1) is 0 Å². The number of rotatable bonds is 2. The van der Waals surface area contributed by atoms with Crippen molar-refractivity contribution in [1.82, 2.24) is 0 Å². The molecule has 0 aliphatic carbocycles. The number of hydrogen-bond acceptors (Lipinski definition) is 0. The van der Waals surface area contributed by atoms with Crippen LogP contribution in [0.3, 0.4) is 0 Å². The lowest BCUT2D eigenvalue weighted by atomic mass is 10.2. The Kier molecular flexibility index (Phi) is 6.29. The van der Waals surface area contributed by atoms with E-state index >= 15 is 0 Å². The Bertz CT molecular complexity index is 193. The molecule has 0 amide bonds. The number of aryl methyl sites for hydroxylation is 1. The molecule has 0 saturated heterocycles. The van der Waals surface area contributed by atoms with Crippen LogP contribution >= 0.6 is 17.0 Å². The minimum atomic E-state index is 0. The Hall–Kier alpha value is 0.466. The van der Waals surface area contributed by atoms with E-state index in [9.17, 15) is 0 Å². The van der Waals surface area contributed by atoms with E-state index in [2.05, 4.69) is 38.1 Å². The van der Waals surface area contributed by atoms with Gasteiger partial charge in [0.1, 0.15) is 0 Å². The summed E-state index contributed by atoms with van der Waals surface area (Å²) in [6, 6.07) is 8.95. The van der Waals surface area contributed by atoms with Gasteiger partial charge in [-0.25, -0.2) is 0 Å². The first-order chi connectivity index (χ1) is 4.83. The Balaban J connectivity index is 0.000001000. The molecule has 0 spiro atoms. The first kappa shape index (κ1) is 11.5. The Morgan fingerprint density at radius 2 is 1.73 bits per heavy atom. The summed E-state index contributed by atoms with van der Waals surface area (Å²) in [5.74, 6) is 0. The van der Waals surface area contributed by atoms with Crippen LogP contribution in [-0.4, -0.2) is 20.4 Å². The SMILES string of the molecule is Br.C[CH2][Mg][c]1ccc(C)cc1. The zero-order valence-corrected chi connectivity index (χ0v) is 10.3. The van der Waals surface area contributed by atoms with Crippen LogP contribution < -0.4 is 3.69 Å². The first-order valence-corrected chi connectivity index (χ1v) is 5.59. The van der Waals surface area contributed by atoms with Crippen molar-refractivity contribution in [2.75, 3.05) is 0 Å². The van der Waals surface area contributed by atoms with E-state index in [4.69, 9.17) is 0 Å². The smallest absolute Gasteiger partial charge is 0.174 e. The van der Waals surface area contributed by atoms with Crippen molar-refractivity contribution < 1.29 is 0 Å². The monoisotopic (exact) mass is 224 g/mol. The summed E-state index contributed by atoms with van der Waals surface area (Å²) in [4.78, 5) is 0. The maximum absolute atomic E-state index is 2.27. The van der Waals surface area contributed by atoms with Gasteiger partial charge in [-0.15, -0.1) is 21.5 Å². The van der Waals surface area contributed by atoms with Crippen LogP contribution in [0.4, 0.5) is 0 Å². The zero-order valence-electron chi connectivity index (χ0n) is 7.13. The molecule has 0 heterocycles. The molecule has 0 aliphatic rings. The number of benzene rings is 1. The van der Waals surface area contributed by atoms with Gasteiger partial charge in [-0.1, -0.05) is 36.8 Å². The van der Waals surface area contributed by atoms with Crippen molar-refractivity contribution in [3.8, 4) is 0 Å². The van der Waals surface area contributed by atoms with Crippen LogP contribution in [0, 0.1) is 6.92 Å². The number of hydrogen-bond donors (Lipinski definition) is 0. The Morgan fingerprint density at radius 3 is 2.18 bits per heavy atom. The highest BCUT2D eigenvalue weighted by molar-refractivity contribution is 8.93. The molecule has 1 aromatic carbocycles. The molecule has 0 aromatic heterocycles. The van der Waals surface area contributed by atoms with E-state index in [1.165, 1.54) is 10.1 Å².